The Morgan fingerprint density at radius 3 is 2.69 bits per heavy atom. The molecule has 6 heteroatoms. The van der Waals surface area contributed by atoms with E-state index in [0.717, 1.165) is 11.1 Å². The van der Waals surface area contributed by atoms with Crippen LogP contribution in [0.3, 0.4) is 0 Å². The monoisotopic (exact) mass is 358 g/mol. The van der Waals surface area contributed by atoms with Gasteiger partial charge in [0.05, 0.1) is 19.3 Å². The van der Waals surface area contributed by atoms with E-state index in [1.165, 1.54) is 12.1 Å². The summed E-state index contributed by atoms with van der Waals surface area (Å²) in [5, 5.41) is 3.28. The van der Waals surface area contributed by atoms with E-state index < -0.39 is 0 Å². The molecular weight excluding hydrogens is 335 g/mol. The minimum absolute atomic E-state index is 0.0894. The van der Waals surface area contributed by atoms with E-state index in [1.54, 1.807) is 17.0 Å². The molecule has 0 bridgehead atoms. The highest BCUT2D eigenvalue weighted by atomic mass is 19.1. The van der Waals surface area contributed by atoms with E-state index in [1.807, 2.05) is 30.3 Å². The van der Waals surface area contributed by atoms with Gasteiger partial charge in [-0.15, -0.1) is 0 Å². The summed E-state index contributed by atoms with van der Waals surface area (Å²) < 4.78 is 24.0. The van der Waals surface area contributed by atoms with E-state index in [0.29, 0.717) is 32.8 Å². The number of carbonyl (C=O) groups excluding carboxylic acids is 1. The second-order valence-electron chi connectivity index (χ2n) is 6.24. The van der Waals surface area contributed by atoms with Crippen molar-refractivity contribution in [1.29, 1.82) is 0 Å². The van der Waals surface area contributed by atoms with Gasteiger partial charge in [0.25, 0.3) is 0 Å². The maximum Gasteiger partial charge on any atom is 0.410 e. The maximum absolute atomic E-state index is 12.9. The Morgan fingerprint density at radius 1 is 1.15 bits per heavy atom. The van der Waals surface area contributed by atoms with Crippen LogP contribution in [0.1, 0.15) is 11.1 Å². The van der Waals surface area contributed by atoms with Crippen LogP contribution in [-0.4, -0.2) is 43.3 Å². The van der Waals surface area contributed by atoms with Crippen molar-refractivity contribution in [1.82, 2.24) is 10.2 Å². The third-order valence-corrected chi connectivity index (χ3v) is 4.22. The summed E-state index contributed by atoms with van der Waals surface area (Å²) in [6.07, 6.45) is -0.408. The summed E-state index contributed by atoms with van der Waals surface area (Å²) in [7, 11) is 0. The molecule has 2 aromatic rings. The Hall–Kier alpha value is -2.44. The predicted molar refractivity (Wildman–Crippen MR) is 96.0 cm³/mol. The highest BCUT2D eigenvalue weighted by molar-refractivity contribution is 5.67. The number of nitrogens with one attached hydrogen (secondary N) is 1. The van der Waals surface area contributed by atoms with Crippen LogP contribution in [0.2, 0.25) is 0 Å². The molecule has 1 fully saturated rings. The number of morpholine rings is 1. The topological polar surface area (TPSA) is 50.8 Å². The van der Waals surface area contributed by atoms with E-state index in [4.69, 9.17) is 9.47 Å². The van der Waals surface area contributed by atoms with E-state index in [9.17, 15) is 9.18 Å². The zero-order valence-corrected chi connectivity index (χ0v) is 14.6. The maximum atomic E-state index is 12.9. The van der Waals surface area contributed by atoms with E-state index >= 15 is 0 Å². The fourth-order valence-electron chi connectivity index (χ4n) is 2.80. The SMILES string of the molecule is O=C(OCc1ccccc1)N1CCOC(CNCc2ccc(F)cc2)C1. The normalized spacial score (nSPS) is 17.1. The molecule has 1 unspecified atom stereocenters. The first-order valence-corrected chi connectivity index (χ1v) is 8.73. The molecule has 0 aliphatic carbocycles. The number of amides is 1. The van der Waals surface area contributed by atoms with Crippen LogP contribution in [0.5, 0.6) is 0 Å². The first-order valence-electron chi connectivity index (χ1n) is 8.73. The third kappa shape index (κ3) is 5.54. The summed E-state index contributed by atoms with van der Waals surface area (Å²) in [5.41, 5.74) is 1.97. The number of benzene rings is 2. The lowest BCUT2D eigenvalue weighted by molar-refractivity contribution is -0.0271. The molecule has 5 nitrogen and oxygen atoms in total. The summed E-state index contributed by atoms with van der Waals surface area (Å²) in [4.78, 5) is 13.9. The minimum atomic E-state index is -0.319. The highest BCUT2D eigenvalue weighted by Gasteiger charge is 2.25. The Bertz CT molecular complexity index is 694. The van der Waals surface area contributed by atoms with Crippen molar-refractivity contribution in [3.8, 4) is 0 Å². The molecule has 1 amide bonds. The highest BCUT2D eigenvalue weighted by Crippen LogP contribution is 2.09. The molecule has 1 atom stereocenters. The van der Waals surface area contributed by atoms with Crippen LogP contribution in [-0.2, 0) is 22.6 Å². The number of carbonyl (C=O) groups is 1. The van der Waals surface area contributed by atoms with E-state index in [2.05, 4.69) is 5.32 Å². The van der Waals surface area contributed by atoms with Crippen molar-refractivity contribution in [2.45, 2.75) is 19.3 Å². The summed E-state index contributed by atoms with van der Waals surface area (Å²) in [6.45, 7) is 3.01. The lowest BCUT2D eigenvalue weighted by Gasteiger charge is -2.32. The number of hydrogen-bond acceptors (Lipinski definition) is 4. The van der Waals surface area contributed by atoms with Crippen LogP contribution in [0.15, 0.2) is 54.6 Å². The molecular formula is C20H23FN2O3. The van der Waals surface area contributed by atoms with Crippen molar-refractivity contribution in [3.05, 3.63) is 71.5 Å². The largest absolute Gasteiger partial charge is 0.445 e. The zero-order chi connectivity index (χ0) is 18.2. The number of hydrogen-bond donors (Lipinski definition) is 1. The summed E-state index contributed by atoms with van der Waals surface area (Å²) >= 11 is 0. The van der Waals surface area contributed by atoms with Gasteiger partial charge in [-0.05, 0) is 23.3 Å². The first kappa shape index (κ1) is 18.4. The predicted octanol–water partition coefficient (Wildman–Crippen LogP) is 2.95. The average Bonchev–Trinajstić information content (AvgIpc) is 2.69. The average molecular weight is 358 g/mol. The fraction of sp³-hybridized carbons (Fsp3) is 0.350. The van der Waals surface area contributed by atoms with Crippen molar-refractivity contribution in [2.24, 2.45) is 0 Å². The molecule has 0 aromatic heterocycles. The van der Waals surface area contributed by atoms with Crippen molar-refractivity contribution in [2.75, 3.05) is 26.2 Å². The van der Waals surface area contributed by atoms with E-state index in [-0.39, 0.29) is 24.6 Å². The van der Waals surface area contributed by atoms with Gasteiger partial charge in [-0.3, -0.25) is 0 Å². The van der Waals surface area contributed by atoms with Gasteiger partial charge in [-0.25, -0.2) is 9.18 Å². The summed E-state index contributed by atoms with van der Waals surface area (Å²) in [5.74, 6) is -0.242. The molecule has 0 saturated carbocycles. The number of ether oxygens (including phenoxy) is 2. The number of nitrogens with zero attached hydrogens (tertiary/aromatic N) is 1. The third-order valence-electron chi connectivity index (χ3n) is 4.22. The second-order valence-corrected chi connectivity index (χ2v) is 6.24. The van der Waals surface area contributed by atoms with Crippen LogP contribution in [0, 0.1) is 5.82 Å². The molecule has 3 rings (SSSR count). The van der Waals surface area contributed by atoms with Gasteiger partial charge in [0.15, 0.2) is 0 Å². The molecule has 26 heavy (non-hydrogen) atoms. The van der Waals surface area contributed by atoms with Gasteiger partial charge in [-0.1, -0.05) is 42.5 Å². The molecule has 1 N–H and O–H groups in total. The smallest absolute Gasteiger partial charge is 0.410 e. The van der Waals surface area contributed by atoms with Crippen molar-refractivity contribution < 1.29 is 18.7 Å². The number of halogens is 1. The van der Waals surface area contributed by atoms with Gasteiger partial charge in [0, 0.05) is 19.6 Å². The standard InChI is InChI=1S/C20H23FN2O3/c21-18-8-6-16(7-9-18)12-22-13-19-14-23(10-11-25-19)20(24)26-15-17-4-2-1-3-5-17/h1-9,19,22H,10-15H2. The summed E-state index contributed by atoms with van der Waals surface area (Å²) in [6, 6.07) is 16.0. The Morgan fingerprint density at radius 2 is 1.92 bits per heavy atom. The Balaban J connectivity index is 1.40. The zero-order valence-electron chi connectivity index (χ0n) is 14.6. The van der Waals surface area contributed by atoms with Crippen molar-refractivity contribution in [3.63, 3.8) is 0 Å². The van der Waals surface area contributed by atoms with Gasteiger partial charge in [0.1, 0.15) is 12.4 Å². The van der Waals surface area contributed by atoms with Crippen LogP contribution in [0.25, 0.3) is 0 Å². The molecule has 1 aliphatic heterocycles. The molecule has 1 aliphatic rings. The Kier molecular flexibility index (Phi) is 6.57. The molecule has 1 saturated heterocycles. The fourth-order valence-corrected chi connectivity index (χ4v) is 2.80. The van der Waals surface area contributed by atoms with Gasteiger partial charge < -0.3 is 19.7 Å². The molecule has 1 heterocycles. The van der Waals surface area contributed by atoms with Gasteiger partial charge in [0.2, 0.25) is 0 Å². The lowest BCUT2D eigenvalue weighted by atomic mass is 10.2. The van der Waals surface area contributed by atoms with Crippen LogP contribution < -0.4 is 5.32 Å². The molecule has 138 valence electrons. The van der Waals surface area contributed by atoms with Crippen LogP contribution >= 0.6 is 0 Å². The van der Waals surface area contributed by atoms with Gasteiger partial charge >= 0.3 is 6.09 Å². The molecule has 2 aromatic carbocycles. The van der Waals surface area contributed by atoms with Gasteiger partial charge in [-0.2, -0.15) is 0 Å². The van der Waals surface area contributed by atoms with Crippen LogP contribution in [0.4, 0.5) is 9.18 Å². The minimum Gasteiger partial charge on any atom is -0.445 e. The second kappa shape index (κ2) is 9.31. The first-order chi connectivity index (χ1) is 12.7. The Labute approximate surface area is 152 Å². The lowest BCUT2D eigenvalue weighted by Crippen LogP contribution is -2.49. The molecule has 0 spiro atoms. The quantitative estimate of drug-likeness (QED) is 0.863. The molecule has 0 radical (unpaired) electrons. The van der Waals surface area contributed by atoms with Crippen molar-refractivity contribution >= 4 is 6.09 Å². The number of rotatable bonds is 6.